The molecule has 0 saturated heterocycles. The number of aromatic nitrogens is 2. The molecule has 1 unspecified atom stereocenters. The SMILES string of the molecule is Cc1ccc(OCC(=O)NC(C)c2ncc[nH]2)c(C)c1. The van der Waals surface area contributed by atoms with Gasteiger partial charge in [0.25, 0.3) is 5.91 Å². The zero-order chi connectivity index (χ0) is 14.5. The molecule has 1 atom stereocenters. The number of aryl methyl sites for hydroxylation is 2. The molecule has 1 amide bonds. The molecule has 1 aromatic heterocycles. The van der Waals surface area contributed by atoms with Crippen molar-refractivity contribution >= 4 is 5.91 Å². The summed E-state index contributed by atoms with van der Waals surface area (Å²) in [4.78, 5) is 18.9. The molecule has 0 spiro atoms. The second kappa shape index (κ2) is 6.23. The Labute approximate surface area is 118 Å². The quantitative estimate of drug-likeness (QED) is 0.878. The minimum absolute atomic E-state index is 0.00501. The number of carbonyl (C=O) groups is 1. The van der Waals surface area contributed by atoms with Gasteiger partial charge in [-0.25, -0.2) is 4.98 Å². The van der Waals surface area contributed by atoms with Crippen LogP contribution in [-0.4, -0.2) is 22.5 Å². The summed E-state index contributed by atoms with van der Waals surface area (Å²) < 4.78 is 5.53. The first-order chi connectivity index (χ1) is 9.56. The van der Waals surface area contributed by atoms with E-state index in [4.69, 9.17) is 4.74 Å². The molecule has 0 aliphatic rings. The molecule has 20 heavy (non-hydrogen) atoms. The van der Waals surface area contributed by atoms with Crippen LogP contribution in [0.15, 0.2) is 30.6 Å². The van der Waals surface area contributed by atoms with Crippen LogP contribution in [0.4, 0.5) is 0 Å². The average molecular weight is 273 g/mol. The number of amides is 1. The van der Waals surface area contributed by atoms with Crippen molar-refractivity contribution in [3.05, 3.63) is 47.5 Å². The molecule has 106 valence electrons. The zero-order valence-electron chi connectivity index (χ0n) is 11.9. The van der Waals surface area contributed by atoms with Crippen LogP contribution < -0.4 is 10.1 Å². The average Bonchev–Trinajstić information content (AvgIpc) is 2.91. The fourth-order valence-corrected chi connectivity index (χ4v) is 1.97. The predicted octanol–water partition coefficient (Wildman–Crippen LogP) is 2.28. The maximum atomic E-state index is 11.8. The van der Waals surface area contributed by atoms with Crippen molar-refractivity contribution < 1.29 is 9.53 Å². The molecule has 2 N–H and O–H groups in total. The van der Waals surface area contributed by atoms with Crippen LogP contribution in [-0.2, 0) is 4.79 Å². The number of ether oxygens (including phenoxy) is 1. The molecule has 0 saturated carbocycles. The number of rotatable bonds is 5. The van der Waals surface area contributed by atoms with E-state index >= 15 is 0 Å². The molecular weight excluding hydrogens is 254 g/mol. The van der Waals surface area contributed by atoms with Gasteiger partial charge in [-0.15, -0.1) is 0 Å². The number of aromatic amines is 1. The fraction of sp³-hybridized carbons (Fsp3) is 0.333. The van der Waals surface area contributed by atoms with Gasteiger partial charge in [0.05, 0.1) is 6.04 Å². The van der Waals surface area contributed by atoms with Gasteiger partial charge in [-0.05, 0) is 32.4 Å². The molecule has 0 bridgehead atoms. The number of hydrogen-bond donors (Lipinski definition) is 2. The first kappa shape index (κ1) is 14.1. The number of carbonyl (C=O) groups excluding carboxylic acids is 1. The van der Waals surface area contributed by atoms with Gasteiger partial charge in [-0.3, -0.25) is 4.79 Å². The summed E-state index contributed by atoms with van der Waals surface area (Å²) in [6.07, 6.45) is 3.38. The standard InChI is InChI=1S/C15H19N3O2/c1-10-4-5-13(11(2)8-10)20-9-14(19)18-12(3)15-16-6-7-17-15/h4-8,12H,9H2,1-3H3,(H,16,17)(H,18,19). The van der Waals surface area contributed by atoms with Gasteiger partial charge >= 0.3 is 0 Å². The molecular formula is C15H19N3O2. The maximum Gasteiger partial charge on any atom is 0.258 e. The van der Waals surface area contributed by atoms with Crippen molar-refractivity contribution in [3.63, 3.8) is 0 Å². The Morgan fingerprint density at radius 3 is 2.90 bits per heavy atom. The number of H-pyrrole nitrogens is 1. The Bertz CT molecular complexity index is 579. The Morgan fingerprint density at radius 2 is 2.25 bits per heavy atom. The molecule has 5 heteroatoms. The Morgan fingerprint density at radius 1 is 1.45 bits per heavy atom. The van der Waals surface area contributed by atoms with Crippen molar-refractivity contribution in [3.8, 4) is 5.75 Å². The van der Waals surface area contributed by atoms with Crippen LogP contribution in [0, 0.1) is 13.8 Å². The van der Waals surface area contributed by atoms with Crippen molar-refractivity contribution in [2.24, 2.45) is 0 Å². The lowest BCUT2D eigenvalue weighted by Gasteiger charge is -2.13. The lowest BCUT2D eigenvalue weighted by molar-refractivity contribution is -0.123. The van der Waals surface area contributed by atoms with Gasteiger partial charge < -0.3 is 15.0 Å². The lowest BCUT2D eigenvalue weighted by atomic mass is 10.1. The highest BCUT2D eigenvalue weighted by Gasteiger charge is 2.12. The van der Waals surface area contributed by atoms with Crippen molar-refractivity contribution in [2.45, 2.75) is 26.8 Å². The van der Waals surface area contributed by atoms with Gasteiger partial charge in [-0.1, -0.05) is 17.7 Å². The van der Waals surface area contributed by atoms with Gasteiger partial charge in [0.2, 0.25) is 0 Å². The lowest BCUT2D eigenvalue weighted by Crippen LogP contribution is -2.31. The maximum absolute atomic E-state index is 11.8. The number of imidazole rings is 1. The molecule has 0 fully saturated rings. The molecule has 1 aromatic carbocycles. The van der Waals surface area contributed by atoms with Crippen LogP contribution in [0.25, 0.3) is 0 Å². The van der Waals surface area contributed by atoms with E-state index in [2.05, 4.69) is 15.3 Å². The summed E-state index contributed by atoms with van der Waals surface area (Å²) in [7, 11) is 0. The fourth-order valence-electron chi connectivity index (χ4n) is 1.97. The summed E-state index contributed by atoms with van der Waals surface area (Å²) in [6, 6.07) is 5.71. The smallest absolute Gasteiger partial charge is 0.258 e. The third-order valence-electron chi connectivity index (χ3n) is 3.00. The summed E-state index contributed by atoms with van der Waals surface area (Å²) in [5.74, 6) is 1.29. The third kappa shape index (κ3) is 3.60. The molecule has 5 nitrogen and oxygen atoms in total. The molecule has 2 rings (SSSR count). The van der Waals surface area contributed by atoms with Crippen LogP contribution in [0.1, 0.15) is 29.9 Å². The first-order valence-corrected chi connectivity index (χ1v) is 6.55. The number of nitrogens with one attached hydrogen (secondary N) is 2. The highest BCUT2D eigenvalue weighted by Crippen LogP contribution is 2.18. The topological polar surface area (TPSA) is 67.0 Å². The zero-order valence-corrected chi connectivity index (χ0v) is 11.9. The van der Waals surface area contributed by atoms with Crippen molar-refractivity contribution in [1.29, 1.82) is 0 Å². The molecule has 2 aromatic rings. The minimum atomic E-state index is -0.172. The molecule has 1 heterocycles. The predicted molar refractivity (Wildman–Crippen MR) is 76.6 cm³/mol. The Kier molecular flexibility index (Phi) is 4.40. The molecule has 0 radical (unpaired) electrons. The van der Waals surface area contributed by atoms with E-state index in [-0.39, 0.29) is 18.6 Å². The van der Waals surface area contributed by atoms with Crippen molar-refractivity contribution in [2.75, 3.05) is 6.61 Å². The second-order valence-corrected chi connectivity index (χ2v) is 4.82. The Balaban J connectivity index is 1.86. The van der Waals surface area contributed by atoms with Gasteiger partial charge in [0.15, 0.2) is 6.61 Å². The van der Waals surface area contributed by atoms with Gasteiger partial charge in [0.1, 0.15) is 11.6 Å². The third-order valence-corrected chi connectivity index (χ3v) is 3.00. The van der Waals surface area contributed by atoms with Gasteiger partial charge in [-0.2, -0.15) is 0 Å². The van der Waals surface area contributed by atoms with Crippen LogP contribution >= 0.6 is 0 Å². The second-order valence-electron chi connectivity index (χ2n) is 4.82. The van der Waals surface area contributed by atoms with E-state index in [0.29, 0.717) is 0 Å². The summed E-state index contributed by atoms with van der Waals surface area (Å²) in [5, 5.41) is 2.83. The van der Waals surface area contributed by atoms with E-state index in [1.807, 2.05) is 39.0 Å². The number of benzene rings is 1. The van der Waals surface area contributed by atoms with E-state index in [9.17, 15) is 4.79 Å². The number of hydrogen-bond acceptors (Lipinski definition) is 3. The monoisotopic (exact) mass is 273 g/mol. The Hall–Kier alpha value is -2.30. The van der Waals surface area contributed by atoms with Gasteiger partial charge in [0, 0.05) is 12.4 Å². The normalized spacial score (nSPS) is 11.9. The highest BCUT2D eigenvalue weighted by molar-refractivity contribution is 5.77. The molecule has 0 aliphatic carbocycles. The van der Waals surface area contributed by atoms with Crippen LogP contribution in [0.5, 0.6) is 5.75 Å². The largest absolute Gasteiger partial charge is 0.484 e. The van der Waals surface area contributed by atoms with E-state index in [0.717, 1.165) is 17.1 Å². The van der Waals surface area contributed by atoms with Crippen LogP contribution in [0.2, 0.25) is 0 Å². The van der Waals surface area contributed by atoms with E-state index in [1.54, 1.807) is 12.4 Å². The first-order valence-electron chi connectivity index (χ1n) is 6.55. The summed E-state index contributed by atoms with van der Waals surface area (Å²) >= 11 is 0. The van der Waals surface area contributed by atoms with Crippen LogP contribution in [0.3, 0.4) is 0 Å². The number of nitrogens with zero attached hydrogens (tertiary/aromatic N) is 1. The van der Waals surface area contributed by atoms with E-state index in [1.165, 1.54) is 5.56 Å². The highest BCUT2D eigenvalue weighted by atomic mass is 16.5. The van der Waals surface area contributed by atoms with Crippen molar-refractivity contribution in [1.82, 2.24) is 15.3 Å². The summed E-state index contributed by atoms with van der Waals surface area (Å²) in [5.41, 5.74) is 2.20. The van der Waals surface area contributed by atoms with E-state index < -0.39 is 0 Å². The molecule has 0 aliphatic heterocycles. The minimum Gasteiger partial charge on any atom is -0.484 e. The summed E-state index contributed by atoms with van der Waals surface area (Å²) in [6.45, 7) is 5.85.